The average molecular weight is 414 g/mol. The Morgan fingerprint density at radius 1 is 1.19 bits per heavy atom. The van der Waals surface area contributed by atoms with E-state index < -0.39 is 10.0 Å². The molecule has 1 aromatic carbocycles. The van der Waals surface area contributed by atoms with Crippen LogP contribution in [-0.2, 0) is 23.1 Å². The average Bonchev–Trinajstić information content (AvgIpc) is 3.17. The number of hydrogen-bond acceptors (Lipinski definition) is 4. The van der Waals surface area contributed by atoms with E-state index in [1.54, 1.807) is 40.7 Å². The second-order valence-corrected chi connectivity index (χ2v) is 8.13. The van der Waals surface area contributed by atoms with Gasteiger partial charge in [0.1, 0.15) is 4.90 Å². The Morgan fingerprint density at radius 3 is 2.62 bits per heavy atom. The Morgan fingerprint density at radius 2 is 1.96 bits per heavy atom. The lowest BCUT2D eigenvalue weighted by Crippen LogP contribution is -2.15. The maximum absolute atomic E-state index is 12.6. The molecule has 3 aromatic rings. The van der Waals surface area contributed by atoms with Crippen molar-refractivity contribution in [2.75, 3.05) is 4.72 Å². The lowest BCUT2D eigenvalue weighted by Gasteiger charge is -2.06. The summed E-state index contributed by atoms with van der Waals surface area (Å²) in [5, 5.41) is 9.25. The minimum atomic E-state index is -3.75. The van der Waals surface area contributed by atoms with Crippen LogP contribution < -0.4 is 4.72 Å². The second kappa shape index (κ2) is 7.30. The first kappa shape index (κ1) is 18.8. The summed E-state index contributed by atoms with van der Waals surface area (Å²) in [6.45, 7) is 4.65. The van der Waals surface area contributed by atoms with Gasteiger partial charge in [-0.2, -0.15) is 10.2 Å². The number of nitrogens with one attached hydrogen (secondary N) is 1. The number of aromatic nitrogens is 4. The number of rotatable bonds is 6. The predicted molar refractivity (Wildman–Crippen MR) is 101 cm³/mol. The molecule has 0 atom stereocenters. The van der Waals surface area contributed by atoms with Gasteiger partial charge in [0.2, 0.25) is 0 Å². The first-order valence-corrected chi connectivity index (χ1v) is 10.1. The van der Waals surface area contributed by atoms with Gasteiger partial charge in [-0.1, -0.05) is 29.3 Å². The SMILES string of the molecule is CCn1ncc(S(=O)(=O)Nc2ccn(Cc3ccc(Cl)c(Cl)c3)n2)c1C. The second-order valence-electron chi connectivity index (χ2n) is 5.66. The molecule has 7 nitrogen and oxygen atoms in total. The first-order chi connectivity index (χ1) is 12.3. The van der Waals surface area contributed by atoms with Crippen LogP contribution >= 0.6 is 23.2 Å². The summed E-state index contributed by atoms with van der Waals surface area (Å²) in [5.41, 5.74) is 1.48. The Labute approximate surface area is 161 Å². The lowest BCUT2D eigenvalue weighted by molar-refractivity contribution is 0.598. The molecule has 3 rings (SSSR count). The summed E-state index contributed by atoms with van der Waals surface area (Å²) in [5.74, 6) is 0.230. The molecule has 0 saturated heterocycles. The van der Waals surface area contributed by atoms with E-state index in [9.17, 15) is 8.42 Å². The number of anilines is 1. The fourth-order valence-electron chi connectivity index (χ4n) is 2.53. The fraction of sp³-hybridized carbons (Fsp3) is 0.250. The van der Waals surface area contributed by atoms with Gasteiger partial charge in [-0.3, -0.25) is 14.1 Å². The van der Waals surface area contributed by atoms with Gasteiger partial charge in [0.05, 0.1) is 28.5 Å². The highest BCUT2D eigenvalue weighted by atomic mass is 35.5. The van der Waals surface area contributed by atoms with E-state index in [0.29, 0.717) is 28.8 Å². The highest BCUT2D eigenvalue weighted by Crippen LogP contribution is 2.23. The smallest absolute Gasteiger partial charge is 0.266 e. The molecule has 0 saturated carbocycles. The molecule has 10 heteroatoms. The van der Waals surface area contributed by atoms with Crippen LogP contribution in [0.25, 0.3) is 0 Å². The van der Waals surface area contributed by atoms with Gasteiger partial charge >= 0.3 is 0 Å². The third kappa shape index (κ3) is 3.87. The van der Waals surface area contributed by atoms with E-state index in [1.807, 2.05) is 13.0 Å². The summed E-state index contributed by atoms with van der Waals surface area (Å²) in [7, 11) is -3.75. The van der Waals surface area contributed by atoms with Crippen LogP contribution in [0.5, 0.6) is 0 Å². The zero-order chi connectivity index (χ0) is 18.9. The summed E-state index contributed by atoms with van der Waals surface area (Å²) in [4.78, 5) is 0.137. The van der Waals surface area contributed by atoms with Crippen molar-refractivity contribution in [2.24, 2.45) is 0 Å². The van der Waals surface area contributed by atoms with Crippen LogP contribution in [0.1, 0.15) is 18.2 Å². The molecule has 26 heavy (non-hydrogen) atoms. The summed E-state index contributed by atoms with van der Waals surface area (Å²) in [6, 6.07) is 6.88. The van der Waals surface area contributed by atoms with E-state index in [2.05, 4.69) is 14.9 Å². The Kier molecular flexibility index (Phi) is 5.27. The fourth-order valence-corrected chi connectivity index (χ4v) is 4.03. The molecule has 138 valence electrons. The van der Waals surface area contributed by atoms with Crippen LogP contribution in [0, 0.1) is 6.92 Å². The third-order valence-corrected chi connectivity index (χ3v) is 6.05. The number of nitrogens with zero attached hydrogens (tertiary/aromatic N) is 4. The van der Waals surface area contributed by atoms with E-state index >= 15 is 0 Å². The quantitative estimate of drug-likeness (QED) is 0.669. The van der Waals surface area contributed by atoms with Crippen LogP contribution in [-0.4, -0.2) is 28.0 Å². The highest BCUT2D eigenvalue weighted by molar-refractivity contribution is 7.92. The summed E-state index contributed by atoms with van der Waals surface area (Å²) < 4.78 is 30.8. The molecule has 0 fully saturated rings. The molecular weight excluding hydrogens is 397 g/mol. The van der Waals surface area contributed by atoms with E-state index in [-0.39, 0.29) is 10.7 Å². The molecule has 0 spiro atoms. The lowest BCUT2D eigenvalue weighted by atomic mass is 10.2. The molecule has 0 amide bonds. The molecule has 0 bridgehead atoms. The normalized spacial score (nSPS) is 11.7. The highest BCUT2D eigenvalue weighted by Gasteiger charge is 2.21. The molecule has 0 aliphatic rings. The number of sulfonamides is 1. The van der Waals surface area contributed by atoms with Crippen molar-refractivity contribution in [2.45, 2.75) is 31.8 Å². The Bertz CT molecular complexity index is 1040. The van der Waals surface area contributed by atoms with Gasteiger partial charge in [-0.15, -0.1) is 0 Å². The van der Waals surface area contributed by atoms with Gasteiger partial charge < -0.3 is 0 Å². The zero-order valence-electron chi connectivity index (χ0n) is 14.1. The first-order valence-electron chi connectivity index (χ1n) is 7.82. The van der Waals surface area contributed by atoms with Crippen molar-refractivity contribution in [1.29, 1.82) is 0 Å². The van der Waals surface area contributed by atoms with Gasteiger partial charge in [-0.05, 0) is 31.5 Å². The molecule has 2 aromatic heterocycles. The minimum Gasteiger partial charge on any atom is -0.269 e. The zero-order valence-corrected chi connectivity index (χ0v) is 16.5. The number of aryl methyl sites for hydroxylation is 1. The van der Waals surface area contributed by atoms with Crippen LogP contribution in [0.4, 0.5) is 5.82 Å². The van der Waals surface area contributed by atoms with Crippen molar-refractivity contribution in [3.05, 3.63) is 58.0 Å². The summed E-state index contributed by atoms with van der Waals surface area (Å²) >= 11 is 11.9. The monoisotopic (exact) mass is 413 g/mol. The van der Waals surface area contributed by atoms with Gasteiger partial charge in [0.25, 0.3) is 10.0 Å². The number of halogens is 2. The van der Waals surface area contributed by atoms with Crippen LogP contribution in [0.3, 0.4) is 0 Å². The van der Waals surface area contributed by atoms with Crippen LogP contribution in [0.2, 0.25) is 10.0 Å². The van der Waals surface area contributed by atoms with Crippen molar-refractivity contribution < 1.29 is 8.42 Å². The van der Waals surface area contributed by atoms with Crippen molar-refractivity contribution in [1.82, 2.24) is 19.6 Å². The van der Waals surface area contributed by atoms with Crippen molar-refractivity contribution >= 4 is 39.0 Å². The summed E-state index contributed by atoms with van der Waals surface area (Å²) in [6.07, 6.45) is 3.02. The minimum absolute atomic E-state index is 0.137. The molecular formula is C16H17Cl2N5O2S. The predicted octanol–water partition coefficient (Wildman–Crippen LogP) is 3.56. The van der Waals surface area contributed by atoms with E-state index in [0.717, 1.165) is 5.56 Å². The molecule has 0 unspecified atom stereocenters. The van der Waals surface area contributed by atoms with Crippen molar-refractivity contribution in [3.63, 3.8) is 0 Å². The Balaban J connectivity index is 1.77. The third-order valence-electron chi connectivity index (χ3n) is 3.86. The molecule has 0 radical (unpaired) electrons. The topological polar surface area (TPSA) is 81.8 Å². The molecule has 2 heterocycles. The Hall–Kier alpha value is -2.03. The maximum atomic E-state index is 12.6. The molecule has 1 N–H and O–H groups in total. The van der Waals surface area contributed by atoms with Gasteiger partial charge in [0.15, 0.2) is 5.82 Å². The van der Waals surface area contributed by atoms with E-state index in [1.165, 1.54) is 6.20 Å². The molecule has 0 aliphatic heterocycles. The van der Waals surface area contributed by atoms with Gasteiger partial charge in [0, 0.05) is 18.8 Å². The number of benzene rings is 1. The largest absolute Gasteiger partial charge is 0.269 e. The van der Waals surface area contributed by atoms with Crippen molar-refractivity contribution in [3.8, 4) is 0 Å². The molecule has 0 aliphatic carbocycles. The van der Waals surface area contributed by atoms with Gasteiger partial charge in [-0.25, -0.2) is 8.42 Å². The van der Waals surface area contributed by atoms with Crippen LogP contribution in [0.15, 0.2) is 41.6 Å². The van der Waals surface area contributed by atoms with E-state index in [4.69, 9.17) is 23.2 Å². The maximum Gasteiger partial charge on any atom is 0.266 e. The number of hydrogen-bond donors (Lipinski definition) is 1. The standard InChI is InChI=1S/C16H17Cl2N5O2S/c1-3-23-11(2)15(9-19-23)26(24,25)21-16-6-7-22(20-16)10-12-4-5-13(17)14(18)8-12/h4-9H,3,10H2,1-2H3,(H,20,21).